The van der Waals surface area contributed by atoms with Crippen molar-refractivity contribution in [2.75, 3.05) is 5.75 Å². The Bertz CT molecular complexity index is 1020. The van der Waals surface area contributed by atoms with Gasteiger partial charge in [0.2, 0.25) is 0 Å². The van der Waals surface area contributed by atoms with Crippen LogP contribution in [0.1, 0.15) is 35.3 Å². The molecule has 0 unspecified atom stereocenters. The fraction of sp³-hybridized carbons (Fsp3) is 0.286. The van der Waals surface area contributed by atoms with Crippen molar-refractivity contribution in [2.24, 2.45) is 7.05 Å². The number of fused-ring (bicyclic) bond motifs is 1. The van der Waals surface area contributed by atoms with E-state index in [2.05, 4.69) is 24.9 Å². The van der Waals surface area contributed by atoms with Crippen molar-refractivity contribution >= 4 is 28.4 Å². The van der Waals surface area contributed by atoms with Gasteiger partial charge in [-0.15, -0.1) is 0 Å². The summed E-state index contributed by atoms with van der Waals surface area (Å²) in [6, 6.07) is 13.4. The van der Waals surface area contributed by atoms with Crippen LogP contribution in [0.3, 0.4) is 0 Å². The summed E-state index contributed by atoms with van der Waals surface area (Å²) >= 11 is 1.31. The van der Waals surface area contributed by atoms with Crippen molar-refractivity contribution in [3.8, 4) is 0 Å². The van der Waals surface area contributed by atoms with Crippen molar-refractivity contribution < 1.29 is 4.79 Å². The summed E-state index contributed by atoms with van der Waals surface area (Å²) in [4.78, 5) is 29.8. The normalized spacial score (nSPS) is 11.0. The van der Waals surface area contributed by atoms with Crippen LogP contribution in [0.5, 0.6) is 0 Å². The quantitative estimate of drug-likeness (QED) is 0.375. The lowest BCUT2D eigenvalue weighted by Gasteiger charge is -2.11. The SMILES string of the molecule is CCc1ccc(CC)c(C(=O)CSc2nc3ccccc3c(=O)n2C)c1. The molecule has 0 N–H and O–H groups in total. The number of nitrogens with zero attached hydrogens (tertiary/aromatic N) is 2. The topological polar surface area (TPSA) is 52.0 Å². The van der Waals surface area contributed by atoms with Crippen molar-refractivity contribution in [1.82, 2.24) is 9.55 Å². The highest BCUT2D eigenvalue weighted by Gasteiger charge is 2.14. The van der Waals surface area contributed by atoms with Crippen LogP contribution in [-0.4, -0.2) is 21.1 Å². The van der Waals surface area contributed by atoms with Crippen molar-refractivity contribution in [2.45, 2.75) is 31.8 Å². The first-order chi connectivity index (χ1) is 12.5. The van der Waals surface area contributed by atoms with Gasteiger partial charge in [-0.05, 0) is 42.2 Å². The molecule has 1 heterocycles. The summed E-state index contributed by atoms with van der Waals surface area (Å²) < 4.78 is 1.52. The van der Waals surface area contributed by atoms with Gasteiger partial charge in [0, 0.05) is 12.6 Å². The van der Waals surface area contributed by atoms with Crippen molar-refractivity contribution in [3.63, 3.8) is 0 Å². The highest BCUT2D eigenvalue weighted by atomic mass is 32.2. The van der Waals surface area contributed by atoms with E-state index in [4.69, 9.17) is 0 Å². The Kier molecular flexibility index (Phi) is 5.57. The van der Waals surface area contributed by atoms with Gasteiger partial charge >= 0.3 is 0 Å². The van der Waals surface area contributed by atoms with Gasteiger partial charge in [0.05, 0.1) is 16.7 Å². The fourth-order valence-corrected chi connectivity index (χ4v) is 3.80. The number of aromatic nitrogens is 2. The molecular weight excluding hydrogens is 344 g/mol. The van der Waals surface area contributed by atoms with E-state index in [1.807, 2.05) is 30.3 Å². The molecule has 2 aromatic carbocycles. The minimum atomic E-state index is -0.0900. The smallest absolute Gasteiger partial charge is 0.261 e. The Morgan fingerprint density at radius 3 is 2.62 bits per heavy atom. The molecule has 0 aliphatic carbocycles. The van der Waals surface area contributed by atoms with E-state index in [-0.39, 0.29) is 17.1 Å². The first-order valence-corrected chi connectivity index (χ1v) is 9.77. The van der Waals surface area contributed by atoms with E-state index >= 15 is 0 Å². The van der Waals surface area contributed by atoms with Crippen LogP contribution in [0.2, 0.25) is 0 Å². The second kappa shape index (κ2) is 7.87. The maximum absolute atomic E-state index is 12.8. The zero-order valence-corrected chi connectivity index (χ0v) is 16.1. The van der Waals surface area contributed by atoms with E-state index < -0.39 is 0 Å². The first kappa shape index (κ1) is 18.4. The molecule has 3 aromatic rings. The number of carbonyl (C=O) groups excluding carboxylic acids is 1. The molecule has 4 nitrogen and oxygen atoms in total. The summed E-state index contributed by atoms with van der Waals surface area (Å²) in [5.41, 5.74) is 3.57. The zero-order valence-electron chi connectivity index (χ0n) is 15.3. The molecule has 3 rings (SSSR count). The summed E-state index contributed by atoms with van der Waals surface area (Å²) in [7, 11) is 1.70. The van der Waals surface area contributed by atoms with Crippen LogP contribution in [0.4, 0.5) is 0 Å². The second-order valence-corrected chi connectivity index (χ2v) is 7.13. The Labute approximate surface area is 157 Å². The van der Waals surface area contributed by atoms with Crippen molar-refractivity contribution in [3.05, 3.63) is 69.5 Å². The van der Waals surface area contributed by atoms with E-state index in [0.29, 0.717) is 16.1 Å². The molecule has 1 aromatic heterocycles. The van der Waals surface area contributed by atoms with Crippen LogP contribution >= 0.6 is 11.8 Å². The van der Waals surface area contributed by atoms with Crippen LogP contribution < -0.4 is 5.56 Å². The van der Waals surface area contributed by atoms with Crippen LogP contribution in [0, 0.1) is 0 Å². The summed E-state index contributed by atoms with van der Waals surface area (Å²) in [6.45, 7) is 4.14. The lowest BCUT2D eigenvalue weighted by molar-refractivity contribution is 0.102. The van der Waals surface area contributed by atoms with Gasteiger partial charge in [-0.25, -0.2) is 4.98 Å². The Hall–Kier alpha value is -2.40. The molecule has 0 saturated heterocycles. The fourth-order valence-electron chi connectivity index (χ4n) is 2.95. The number of thioether (sulfide) groups is 1. The number of carbonyl (C=O) groups is 1. The molecule has 0 radical (unpaired) electrons. The maximum Gasteiger partial charge on any atom is 0.261 e. The molecule has 0 aliphatic heterocycles. The summed E-state index contributed by atoms with van der Waals surface area (Å²) in [5.74, 6) is 0.336. The van der Waals surface area contributed by atoms with Gasteiger partial charge in [0.25, 0.3) is 5.56 Å². The lowest BCUT2D eigenvalue weighted by atomic mass is 9.98. The van der Waals surface area contributed by atoms with Gasteiger partial charge in [-0.1, -0.05) is 49.9 Å². The largest absolute Gasteiger partial charge is 0.293 e. The Morgan fingerprint density at radius 2 is 1.88 bits per heavy atom. The summed E-state index contributed by atoms with van der Waals surface area (Å²) in [6.07, 6.45) is 1.72. The van der Waals surface area contributed by atoms with Gasteiger partial charge in [-0.2, -0.15) is 0 Å². The second-order valence-electron chi connectivity index (χ2n) is 6.19. The average Bonchev–Trinajstić information content (AvgIpc) is 2.68. The first-order valence-electron chi connectivity index (χ1n) is 8.78. The molecule has 0 spiro atoms. The molecular formula is C21H22N2O2S. The highest BCUT2D eigenvalue weighted by Crippen LogP contribution is 2.21. The van der Waals surface area contributed by atoms with Crippen LogP contribution in [0.15, 0.2) is 52.4 Å². The number of Topliss-reactive ketones (excluding diaryl/α,β-unsaturated/α-hetero) is 1. The molecule has 0 aliphatic rings. The number of hydrogen-bond donors (Lipinski definition) is 0. The minimum absolute atomic E-state index is 0.0737. The number of aryl methyl sites for hydroxylation is 2. The van der Waals surface area contributed by atoms with Crippen LogP contribution in [0.25, 0.3) is 10.9 Å². The zero-order chi connectivity index (χ0) is 18.7. The molecule has 134 valence electrons. The number of para-hydroxylation sites is 1. The Morgan fingerprint density at radius 1 is 1.12 bits per heavy atom. The van der Waals surface area contributed by atoms with Gasteiger partial charge in [-0.3, -0.25) is 14.2 Å². The number of rotatable bonds is 6. The third-order valence-electron chi connectivity index (χ3n) is 4.54. The molecule has 26 heavy (non-hydrogen) atoms. The minimum Gasteiger partial charge on any atom is -0.293 e. The van der Waals surface area contributed by atoms with Gasteiger partial charge < -0.3 is 0 Å². The molecule has 0 atom stereocenters. The molecule has 5 heteroatoms. The highest BCUT2D eigenvalue weighted by molar-refractivity contribution is 7.99. The summed E-state index contributed by atoms with van der Waals surface area (Å²) in [5, 5.41) is 1.15. The van der Waals surface area contributed by atoms with Gasteiger partial charge in [0.15, 0.2) is 10.9 Å². The van der Waals surface area contributed by atoms with E-state index in [9.17, 15) is 9.59 Å². The third kappa shape index (κ3) is 3.58. The Balaban J connectivity index is 1.88. The standard InChI is InChI=1S/C21H22N2O2S/c1-4-14-10-11-15(5-2)17(12-14)19(24)13-26-21-22-18-9-7-6-8-16(18)20(25)23(21)3/h6-12H,4-5,13H2,1-3H3. The van der Waals surface area contributed by atoms with Crippen molar-refractivity contribution in [1.29, 1.82) is 0 Å². The lowest BCUT2D eigenvalue weighted by Crippen LogP contribution is -2.20. The monoisotopic (exact) mass is 366 g/mol. The molecule has 0 saturated carbocycles. The van der Waals surface area contributed by atoms with Crippen LogP contribution in [-0.2, 0) is 19.9 Å². The average molecular weight is 366 g/mol. The predicted molar refractivity (Wildman–Crippen MR) is 107 cm³/mol. The third-order valence-corrected chi connectivity index (χ3v) is 5.57. The van der Waals surface area contributed by atoms with Gasteiger partial charge in [0.1, 0.15) is 0 Å². The molecule has 0 bridgehead atoms. The molecule has 0 amide bonds. The molecule has 0 fully saturated rings. The van der Waals surface area contributed by atoms with E-state index in [0.717, 1.165) is 29.5 Å². The number of hydrogen-bond acceptors (Lipinski definition) is 4. The number of ketones is 1. The van der Waals surface area contributed by atoms with E-state index in [1.165, 1.54) is 16.3 Å². The maximum atomic E-state index is 12.8. The predicted octanol–water partition coefficient (Wildman–Crippen LogP) is 4.03. The van der Waals surface area contributed by atoms with E-state index in [1.54, 1.807) is 13.1 Å². The number of benzene rings is 2.